The Hall–Kier alpha value is -3.28. The Morgan fingerprint density at radius 3 is 2.39 bits per heavy atom. The maximum atomic E-state index is 11.1. The van der Waals surface area contributed by atoms with Gasteiger partial charge in [0.1, 0.15) is 11.5 Å². The lowest BCUT2D eigenvalue weighted by Gasteiger charge is -2.57. The van der Waals surface area contributed by atoms with Crippen molar-refractivity contribution in [1.82, 2.24) is 5.32 Å². The molecule has 0 radical (unpaired) electrons. The summed E-state index contributed by atoms with van der Waals surface area (Å²) in [7, 11) is 0. The van der Waals surface area contributed by atoms with Crippen molar-refractivity contribution in [2.24, 2.45) is 17.8 Å². The number of aromatic hydroxyl groups is 1. The van der Waals surface area contributed by atoms with E-state index in [0.29, 0.717) is 31.1 Å². The molecule has 6 nitrogen and oxygen atoms in total. The van der Waals surface area contributed by atoms with Crippen LogP contribution in [0.4, 0.5) is 0 Å². The van der Waals surface area contributed by atoms with Crippen molar-refractivity contribution in [3.8, 4) is 22.6 Å². The molecule has 36 heavy (non-hydrogen) atoms. The van der Waals surface area contributed by atoms with Gasteiger partial charge in [0.05, 0.1) is 6.61 Å². The molecule has 6 rings (SSSR count). The van der Waals surface area contributed by atoms with E-state index in [9.17, 15) is 14.7 Å². The van der Waals surface area contributed by atoms with Gasteiger partial charge in [0.15, 0.2) is 0 Å². The number of carbonyl (C=O) groups excluding carboxylic acids is 1. The van der Waals surface area contributed by atoms with Crippen molar-refractivity contribution < 1.29 is 24.5 Å². The van der Waals surface area contributed by atoms with Crippen LogP contribution in [0.2, 0.25) is 0 Å². The number of benzene rings is 2. The molecular formula is C30H35NO5. The van der Waals surface area contributed by atoms with E-state index in [1.54, 1.807) is 6.08 Å². The summed E-state index contributed by atoms with van der Waals surface area (Å²) in [6.45, 7) is 2.43. The van der Waals surface area contributed by atoms with Gasteiger partial charge in [-0.3, -0.25) is 4.79 Å². The minimum atomic E-state index is -1.00. The van der Waals surface area contributed by atoms with E-state index in [0.717, 1.165) is 46.1 Å². The number of nitrogens with one attached hydrogen (secondary N) is 1. The fourth-order valence-electron chi connectivity index (χ4n) is 7.26. The average Bonchev–Trinajstić information content (AvgIpc) is 2.82. The van der Waals surface area contributed by atoms with Gasteiger partial charge in [-0.2, -0.15) is 0 Å². The number of hydrogen-bond donors (Lipinski definition) is 3. The number of carbonyl (C=O) groups is 2. The van der Waals surface area contributed by atoms with Crippen LogP contribution in [0.5, 0.6) is 11.5 Å². The van der Waals surface area contributed by atoms with E-state index in [4.69, 9.17) is 9.84 Å². The second kappa shape index (κ2) is 10.00. The molecular weight excluding hydrogens is 454 g/mol. The zero-order chi connectivity index (χ0) is 25.3. The normalized spacial score (nSPS) is 26.3. The van der Waals surface area contributed by atoms with Gasteiger partial charge in [-0.05, 0) is 104 Å². The van der Waals surface area contributed by atoms with Crippen LogP contribution < -0.4 is 10.1 Å². The summed E-state index contributed by atoms with van der Waals surface area (Å²) < 4.78 is 6.15. The lowest BCUT2D eigenvalue weighted by Crippen LogP contribution is -2.48. The molecule has 4 saturated carbocycles. The number of phenols is 1. The van der Waals surface area contributed by atoms with Gasteiger partial charge < -0.3 is 20.3 Å². The maximum absolute atomic E-state index is 11.1. The molecule has 4 bridgehead atoms. The number of aliphatic carboxylic acids is 1. The predicted octanol–water partition coefficient (Wildman–Crippen LogP) is 5.53. The fourth-order valence-corrected chi connectivity index (χ4v) is 7.26. The summed E-state index contributed by atoms with van der Waals surface area (Å²) in [5.41, 5.74) is 3.78. The number of amides is 1. The Balaban J connectivity index is 1.45. The standard InChI is InChI=1S/C30H35NO5/c1-19(32)31-9-2-10-36-28-14-20(4-8-29(34)35)3-6-25(28)24-5-7-27(33)26(15-24)30-16-21-11-22(17-30)13-23(12-21)18-30/h3-8,14-15,21-23,33H,2,9-13,16-18H2,1H3,(H,31,32)(H,34,35). The second-order valence-electron chi connectivity index (χ2n) is 11.0. The Labute approximate surface area is 212 Å². The molecule has 1 amide bonds. The maximum Gasteiger partial charge on any atom is 0.328 e. The zero-order valence-corrected chi connectivity index (χ0v) is 20.8. The number of rotatable bonds is 9. The number of phenolic OH excluding ortho intramolecular Hbond substituents is 1. The summed E-state index contributed by atoms with van der Waals surface area (Å²) >= 11 is 0. The smallest absolute Gasteiger partial charge is 0.328 e. The molecule has 0 aromatic heterocycles. The van der Waals surface area contributed by atoms with Crippen LogP contribution in [-0.4, -0.2) is 35.2 Å². The van der Waals surface area contributed by atoms with Crippen molar-refractivity contribution >= 4 is 18.0 Å². The summed E-state index contributed by atoms with van der Waals surface area (Å²) in [5, 5.41) is 22.8. The van der Waals surface area contributed by atoms with Gasteiger partial charge >= 0.3 is 5.97 Å². The summed E-state index contributed by atoms with van der Waals surface area (Å²) in [5.74, 6) is 2.31. The highest BCUT2D eigenvalue weighted by molar-refractivity contribution is 5.86. The first-order valence-corrected chi connectivity index (χ1v) is 13.1. The Morgan fingerprint density at radius 1 is 1.06 bits per heavy atom. The molecule has 2 aromatic carbocycles. The largest absolute Gasteiger partial charge is 0.508 e. The van der Waals surface area contributed by atoms with E-state index >= 15 is 0 Å². The molecule has 4 aliphatic carbocycles. The van der Waals surface area contributed by atoms with Crippen LogP contribution in [0.15, 0.2) is 42.5 Å². The predicted molar refractivity (Wildman–Crippen MR) is 139 cm³/mol. The van der Waals surface area contributed by atoms with Crippen molar-refractivity contribution in [1.29, 1.82) is 0 Å². The third-order valence-corrected chi connectivity index (χ3v) is 8.29. The monoisotopic (exact) mass is 489 g/mol. The SMILES string of the molecule is CC(=O)NCCCOc1cc(C=CC(=O)O)ccc1-c1ccc(O)c(C23CC4CC(CC(C4)C2)C3)c1. The zero-order valence-electron chi connectivity index (χ0n) is 20.8. The summed E-state index contributed by atoms with van der Waals surface area (Å²) in [4.78, 5) is 22.1. The first kappa shape index (κ1) is 24.4. The third-order valence-electron chi connectivity index (χ3n) is 8.29. The molecule has 190 valence electrons. The molecule has 4 fully saturated rings. The van der Waals surface area contributed by atoms with Crippen LogP contribution >= 0.6 is 0 Å². The Morgan fingerprint density at radius 2 is 1.75 bits per heavy atom. The third kappa shape index (κ3) is 5.13. The highest BCUT2D eigenvalue weighted by Gasteiger charge is 2.52. The Kier molecular flexibility index (Phi) is 6.78. The van der Waals surface area contributed by atoms with Crippen molar-refractivity contribution in [3.63, 3.8) is 0 Å². The molecule has 0 atom stereocenters. The number of hydrogen-bond acceptors (Lipinski definition) is 4. The lowest BCUT2D eigenvalue weighted by atomic mass is 9.48. The fraction of sp³-hybridized carbons (Fsp3) is 0.467. The van der Waals surface area contributed by atoms with Crippen LogP contribution in [0.1, 0.15) is 63.0 Å². The van der Waals surface area contributed by atoms with Crippen LogP contribution in [0.25, 0.3) is 17.2 Å². The van der Waals surface area contributed by atoms with E-state index in [-0.39, 0.29) is 11.3 Å². The molecule has 2 aromatic rings. The molecule has 4 aliphatic rings. The molecule has 3 N–H and O–H groups in total. The van der Waals surface area contributed by atoms with Crippen LogP contribution in [-0.2, 0) is 15.0 Å². The van der Waals surface area contributed by atoms with E-state index in [2.05, 4.69) is 11.4 Å². The molecule has 0 spiro atoms. The van der Waals surface area contributed by atoms with E-state index in [1.807, 2.05) is 30.3 Å². The van der Waals surface area contributed by atoms with Crippen LogP contribution in [0, 0.1) is 17.8 Å². The van der Waals surface area contributed by atoms with E-state index in [1.165, 1.54) is 45.4 Å². The van der Waals surface area contributed by atoms with Crippen LogP contribution in [0.3, 0.4) is 0 Å². The quantitative estimate of drug-likeness (QED) is 0.318. The molecule has 0 saturated heterocycles. The van der Waals surface area contributed by atoms with Gasteiger partial charge in [0, 0.05) is 30.7 Å². The first-order valence-electron chi connectivity index (χ1n) is 13.1. The highest BCUT2D eigenvalue weighted by atomic mass is 16.5. The summed E-state index contributed by atoms with van der Waals surface area (Å²) in [6.07, 6.45) is 10.9. The average molecular weight is 490 g/mol. The highest BCUT2D eigenvalue weighted by Crippen LogP contribution is 2.62. The molecule has 0 aliphatic heterocycles. The Bertz CT molecular complexity index is 1150. The lowest BCUT2D eigenvalue weighted by molar-refractivity contribution is -0.131. The van der Waals surface area contributed by atoms with E-state index < -0.39 is 5.97 Å². The van der Waals surface area contributed by atoms with Crippen molar-refractivity contribution in [3.05, 3.63) is 53.6 Å². The van der Waals surface area contributed by atoms with Gasteiger partial charge in [0.25, 0.3) is 0 Å². The van der Waals surface area contributed by atoms with Gasteiger partial charge in [-0.1, -0.05) is 18.2 Å². The molecule has 6 heteroatoms. The minimum Gasteiger partial charge on any atom is -0.508 e. The number of carboxylic acids is 1. The summed E-state index contributed by atoms with van der Waals surface area (Å²) in [6, 6.07) is 11.6. The molecule has 0 heterocycles. The van der Waals surface area contributed by atoms with Crippen molar-refractivity contribution in [2.45, 2.75) is 57.3 Å². The molecule has 0 unspecified atom stereocenters. The van der Waals surface area contributed by atoms with Gasteiger partial charge in [0.2, 0.25) is 5.91 Å². The number of carboxylic acid groups (broad SMARTS) is 1. The first-order chi connectivity index (χ1) is 17.3. The van der Waals surface area contributed by atoms with Gasteiger partial charge in [-0.25, -0.2) is 4.79 Å². The topological polar surface area (TPSA) is 95.9 Å². The second-order valence-corrected chi connectivity index (χ2v) is 11.0. The number of ether oxygens (including phenoxy) is 1. The van der Waals surface area contributed by atoms with Gasteiger partial charge in [-0.15, -0.1) is 0 Å². The van der Waals surface area contributed by atoms with Crippen molar-refractivity contribution in [2.75, 3.05) is 13.2 Å². The minimum absolute atomic E-state index is 0.0678.